The number of benzene rings is 2. The van der Waals surface area contributed by atoms with Crippen LogP contribution in [0.1, 0.15) is 44.5 Å². The van der Waals surface area contributed by atoms with Gasteiger partial charge in [0.15, 0.2) is 0 Å². The van der Waals surface area contributed by atoms with Crippen LogP contribution in [-0.4, -0.2) is 0 Å². The van der Waals surface area contributed by atoms with Crippen LogP contribution in [0.15, 0.2) is 0 Å². The van der Waals surface area contributed by atoms with E-state index in [0.717, 1.165) is 0 Å². The summed E-state index contributed by atoms with van der Waals surface area (Å²) in [5.41, 5.74) is 12.2. The Morgan fingerprint density at radius 1 is 0.526 bits per heavy atom. The van der Waals surface area contributed by atoms with Gasteiger partial charge in [0.05, 0.1) is 0 Å². The van der Waals surface area contributed by atoms with Crippen molar-refractivity contribution in [1.29, 1.82) is 0 Å². The summed E-state index contributed by atoms with van der Waals surface area (Å²) in [6.45, 7) is 13.8. The Bertz CT molecular complexity index is 648. The minimum atomic E-state index is 1.20. The molecule has 0 aromatic heterocycles. The fourth-order valence-electron chi connectivity index (χ4n) is 3.65. The van der Waals surface area contributed by atoms with Crippen LogP contribution in [-0.2, 0) is 11.5 Å². The van der Waals surface area contributed by atoms with E-state index in [4.69, 9.17) is 0 Å². The molecule has 0 fully saturated rings. The lowest BCUT2D eigenvalue weighted by atomic mass is 9.83. The van der Waals surface area contributed by atoms with Crippen LogP contribution >= 0.6 is 11.8 Å². The summed E-state index contributed by atoms with van der Waals surface area (Å²) in [5.74, 6) is 2.40. The zero-order valence-corrected chi connectivity index (χ0v) is 13.6. The summed E-state index contributed by atoms with van der Waals surface area (Å²) in [5, 5.41) is 3.05. The molecule has 1 aliphatic rings. The minimum absolute atomic E-state index is 1.20. The van der Waals surface area contributed by atoms with Crippen LogP contribution in [0.3, 0.4) is 0 Å². The van der Waals surface area contributed by atoms with E-state index < -0.39 is 0 Å². The number of aryl methyl sites for hydroxylation is 4. The van der Waals surface area contributed by atoms with Gasteiger partial charge in [-0.15, -0.1) is 0 Å². The number of hydrogen-bond donors (Lipinski definition) is 0. The Balaban J connectivity index is 2.62. The van der Waals surface area contributed by atoms with Crippen LogP contribution in [0, 0.1) is 41.5 Å². The molecule has 0 amide bonds. The quantitative estimate of drug-likeness (QED) is 0.614. The van der Waals surface area contributed by atoms with Gasteiger partial charge in [0.2, 0.25) is 0 Å². The van der Waals surface area contributed by atoms with Crippen LogP contribution < -0.4 is 0 Å². The molecule has 0 aliphatic carbocycles. The third kappa shape index (κ3) is 1.61. The van der Waals surface area contributed by atoms with Crippen molar-refractivity contribution in [2.45, 2.75) is 53.0 Å². The molecule has 3 rings (SSSR count). The number of hydrogen-bond acceptors (Lipinski definition) is 1. The Hall–Kier alpha value is -0.950. The molecule has 100 valence electrons. The number of thioether (sulfide) groups is 1. The summed E-state index contributed by atoms with van der Waals surface area (Å²) in [6.07, 6.45) is 0. The van der Waals surface area contributed by atoms with Crippen molar-refractivity contribution in [3.8, 4) is 0 Å². The van der Waals surface area contributed by atoms with Gasteiger partial charge in [0.1, 0.15) is 0 Å². The van der Waals surface area contributed by atoms with Crippen molar-refractivity contribution in [2.24, 2.45) is 0 Å². The molecule has 1 heterocycles. The van der Waals surface area contributed by atoms with E-state index >= 15 is 0 Å². The Morgan fingerprint density at radius 3 is 1.26 bits per heavy atom. The normalized spacial score (nSPS) is 14.2. The SMILES string of the molecule is Cc1c(C)c(C)c2c(C)c3c(c(C)c2c1C)CSC3. The highest BCUT2D eigenvalue weighted by Crippen LogP contribution is 2.42. The lowest BCUT2D eigenvalue weighted by molar-refractivity contribution is 1.20. The van der Waals surface area contributed by atoms with Gasteiger partial charge in [0, 0.05) is 11.5 Å². The van der Waals surface area contributed by atoms with Crippen molar-refractivity contribution in [3.63, 3.8) is 0 Å². The van der Waals surface area contributed by atoms with Gasteiger partial charge < -0.3 is 0 Å². The molecule has 0 saturated heterocycles. The summed E-state index contributed by atoms with van der Waals surface area (Å²) in [6, 6.07) is 0. The molecule has 2 aromatic carbocycles. The molecule has 0 unspecified atom stereocenters. The smallest absolute Gasteiger partial charge is 0.0193 e. The fraction of sp³-hybridized carbons (Fsp3) is 0.444. The summed E-state index contributed by atoms with van der Waals surface area (Å²) < 4.78 is 0. The van der Waals surface area contributed by atoms with E-state index in [-0.39, 0.29) is 0 Å². The summed E-state index contributed by atoms with van der Waals surface area (Å²) >= 11 is 2.06. The summed E-state index contributed by atoms with van der Waals surface area (Å²) in [7, 11) is 0. The average Bonchev–Trinajstić information content (AvgIpc) is 2.87. The molecule has 2 aromatic rings. The van der Waals surface area contributed by atoms with Gasteiger partial charge in [0.25, 0.3) is 0 Å². The zero-order chi connectivity index (χ0) is 13.9. The van der Waals surface area contributed by atoms with E-state index in [0.29, 0.717) is 0 Å². The van der Waals surface area contributed by atoms with Gasteiger partial charge in [-0.05, 0) is 96.8 Å². The highest BCUT2D eigenvalue weighted by molar-refractivity contribution is 7.98. The first kappa shape index (κ1) is 13.1. The molecule has 0 bridgehead atoms. The van der Waals surface area contributed by atoms with Gasteiger partial charge in [-0.25, -0.2) is 0 Å². The minimum Gasteiger partial charge on any atom is -0.152 e. The highest BCUT2D eigenvalue weighted by Gasteiger charge is 2.22. The number of fused-ring (bicyclic) bond motifs is 2. The Labute approximate surface area is 120 Å². The fourth-order valence-corrected chi connectivity index (χ4v) is 4.94. The maximum absolute atomic E-state index is 2.33. The molecule has 0 spiro atoms. The zero-order valence-electron chi connectivity index (χ0n) is 12.8. The lowest BCUT2D eigenvalue weighted by Crippen LogP contribution is -2.02. The van der Waals surface area contributed by atoms with E-state index in [2.05, 4.69) is 53.3 Å². The lowest BCUT2D eigenvalue weighted by Gasteiger charge is -2.21. The highest BCUT2D eigenvalue weighted by atomic mass is 32.2. The molecule has 0 N–H and O–H groups in total. The molecular formula is C18H22S. The molecule has 0 nitrogen and oxygen atoms in total. The predicted molar refractivity (Wildman–Crippen MR) is 87.4 cm³/mol. The molecule has 1 aliphatic heterocycles. The molecule has 1 heteroatoms. The molecule has 0 saturated carbocycles. The van der Waals surface area contributed by atoms with Gasteiger partial charge in [-0.1, -0.05) is 0 Å². The van der Waals surface area contributed by atoms with E-state index in [1.807, 2.05) is 0 Å². The largest absolute Gasteiger partial charge is 0.152 e. The maximum Gasteiger partial charge on any atom is 0.0193 e. The second kappa shape index (κ2) is 4.28. The first-order valence-electron chi connectivity index (χ1n) is 7.03. The van der Waals surface area contributed by atoms with Gasteiger partial charge >= 0.3 is 0 Å². The first-order chi connectivity index (χ1) is 8.95. The summed E-state index contributed by atoms with van der Waals surface area (Å²) in [4.78, 5) is 0. The molecule has 19 heavy (non-hydrogen) atoms. The van der Waals surface area contributed by atoms with Gasteiger partial charge in [-0.3, -0.25) is 0 Å². The van der Waals surface area contributed by atoms with Crippen LogP contribution in [0.2, 0.25) is 0 Å². The third-order valence-corrected chi connectivity index (χ3v) is 6.19. The van der Waals surface area contributed by atoms with Crippen LogP contribution in [0.25, 0.3) is 10.8 Å². The third-order valence-electron chi connectivity index (χ3n) is 5.20. The van der Waals surface area contributed by atoms with E-state index in [9.17, 15) is 0 Å². The van der Waals surface area contributed by atoms with Crippen molar-refractivity contribution in [1.82, 2.24) is 0 Å². The molecule has 0 radical (unpaired) electrons. The van der Waals surface area contributed by atoms with Crippen molar-refractivity contribution < 1.29 is 0 Å². The predicted octanol–water partition coefficient (Wildman–Crippen LogP) is 5.44. The average molecular weight is 270 g/mol. The second-order valence-corrected chi connectivity index (χ2v) is 6.94. The Morgan fingerprint density at radius 2 is 0.895 bits per heavy atom. The number of rotatable bonds is 0. The van der Waals surface area contributed by atoms with Gasteiger partial charge in [-0.2, -0.15) is 11.8 Å². The topological polar surface area (TPSA) is 0 Å². The first-order valence-corrected chi connectivity index (χ1v) is 8.19. The van der Waals surface area contributed by atoms with E-state index in [1.165, 1.54) is 55.7 Å². The van der Waals surface area contributed by atoms with Crippen molar-refractivity contribution in [2.75, 3.05) is 0 Å². The van der Waals surface area contributed by atoms with Crippen molar-refractivity contribution in [3.05, 3.63) is 44.5 Å². The standard InChI is InChI=1S/C18H22S/c1-9-10(2)12(4)18-14(6)16-8-19-7-15(16)13(5)17(18)11(9)3/h7-8H2,1-6H3. The molecule has 0 atom stereocenters. The monoisotopic (exact) mass is 270 g/mol. The van der Waals surface area contributed by atoms with Crippen LogP contribution in [0.4, 0.5) is 0 Å². The Kier molecular flexibility index (Phi) is 2.94. The van der Waals surface area contributed by atoms with Crippen molar-refractivity contribution >= 4 is 22.5 Å². The maximum atomic E-state index is 2.33. The molecular weight excluding hydrogens is 248 g/mol. The van der Waals surface area contributed by atoms with E-state index in [1.54, 1.807) is 11.1 Å². The van der Waals surface area contributed by atoms with Crippen LogP contribution in [0.5, 0.6) is 0 Å². The second-order valence-electron chi connectivity index (χ2n) is 5.95.